The van der Waals surface area contributed by atoms with Gasteiger partial charge >= 0.3 is 0 Å². The summed E-state index contributed by atoms with van der Waals surface area (Å²) >= 11 is 2.21. The molecule has 2 aromatic rings. The summed E-state index contributed by atoms with van der Waals surface area (Å²) in [6, 6.07) is 1.89. The van der Waals surface area contributed by atoms with E-state index in [4.69, 9.17) is 9.15 Å². The summed E-state index contributed by atoms with van der Waals surface area (Å²) in [6.45, 7) is 2.41. The summed E-state index contributed by atoms with van der Waals surface area (Å²) in [5, 5.41) is 3.06. The van der Waals surface area contributed by atoms with Crippen molar-refractivity contribution in [3.05, 3.63) is 27.2 Å². The molecule has 0 bridgehead atoms. The highest BCUT2D eigenvalue weighted by Gasteiger charge is 2.15. The van der Waals surface area contributed by atoms with Gasteiger partial charge in [0.25, 0.3) is 0 Å². The number of nitrogens with one attached hydrogen (secondary N) is 1. The molecule has 0 spiro atoms. The second-order valence-electron chi connectivity index (χ2n) is 3.77. The summed E-state index contributed by atoms with van der Waals surface area (Å²) in [5.41, 5.74) is 1.87. The maximum absolute atomic E-state index is 5.43. The van der Waals surface area contributed by atoms with Gasteiger partial charge in [-0.3, -0.25) is 0 Å². The number of furan rings is 1. The lowest BCUT2D eigenvalue weighted by molar-refractivity contribution is 0.181. The van der Waals surface area contributed by atoms with E-state index < -0.39 is 0 Å². The highest BCUT2D eigenvalue weighted by Crippen LogP contribution is 2.26. The molecule has 0 radical (unpaired) electrons. The molecule has 0 atom stereocenters. The molecule has 0 aliphatic heterocycles. The van der Waals surface area contributed by atoms with Crippen LogP contribution in [-0.2, 0) is 11.3 Å². The molecule has 2 heterocycles. The van der Waals surface area contributed by atoms with Crippen LogP contribution in [0.1, 0.15) is 11.3 Å². The minimum atomic E-state index is 0.447. The third kappa shape index (κ3) is 2.49. The molecule has 2 aromatic heterocycles. The van der Waals surface area contributed by atoms with Crippen LogP contribution in [0.5, 0.6) is 0 Å². The first-order chi connectivity index (χ1) is 8.67. The number of methoxy groups -OCH3 is 1. The number of anilines is 1. The van der Waals surface area contributed by atoms with Gasteiger partial charge in [0.2, 0.25) is 0 Å². The first-order valence-electron chi connectivity index (χ1n) is 5.45. The van der Waals surface area contributed by atoms with Gasteiger partial charge < -0.3 is 14.5 Å². The summed E-state index contributed by atoms with van der Waals surface area (Å²) < 4.78 is 11.5. The van der Waals surface area contributed by atoms with E-state index in [2.05, 4.69) is 37.9 Å². The summed E-state index contributed by atoms with van der Waals surface area (Å²) in [5.74, 6) is 2.05. The van der Waals surface area contributed by atoms with Crippen molar-refractivity contribution in [1.29, 1.82) is 0 Å². The van der Waals surface area contributed by atoms with Crippen molar-refractivity contribution in [2.75, 3.05) is 19.5 Å². The molecular weight excluding hydrogens is 345 g/mol. The van der Waals surface area contributed by atoms with Gasteiger partial charge in [0.1, 0.15) is 5.82 Å². The van der Waals surface area contributed by atoms with Gasteiger partial charge in [-0.1, -0.05) is 0 Å². The molecule has 18 heavy (non-hydrogen) atoms. The van der Waals surface area contributed by atoms with Crippen LogP contribution in [-0.4, -0.2) is 24.1 Å². The average Bonchev–Trinajstić information content (AvgIpc) is 2.78. The molecule has 5 nitrogen and oxygen atoms in total. The Balaban J connectivity index is 2.55. The Hall–Kier alpha value is -1.15. The van der Waals surface area contributed by atoms with E-state index in [0.29, 0.717) is 18.2 Å². The number of rotatable bonds is 4. The Kier molecular flexibility index (Phi) is 4.18. The highest BCUT2D eigenvalue weighted by atomic mass is 127. The van der Waals surface area contributed by atoms with Crippen molar-refractivity contribution in [2.24, 2.45) is 0 Å². The molecule has 6 heteroatoms. The van der Waals surface area contributed by atoms with E-state index in [-0.39, 0.29) is 0 Å². The lowest BCUT2D eigenvalue weighted by Gasteiger charge is -2.09. The highest BCUT2D eigenvalue weighted by molar-refractivity contribution is 14.1. The number of aryl methyl sites for hydroxylation is 1. The van der Waals surface area contributed by atoms with Gasteiger partial charge in [0.05, 0.1) is 22.1 Å². The Morgan fingerprint density at radius 2 is 2.22 bits per heavy atom. The van der Waals surface area contributed by atoms with E-state index in [0.717, 1.165) is 20.6 Å². The Bertz CT molecular complexity index is 554. The fraction of sp³-hybridized carbons (Fsp3) is 0.333. The van der Waals surface area contributed by atoms with Crippen molar-refractivity contribution in [3.8, 4) is 11.6 Å². The molecule has 0 saturated carbocycles. The predicted octanol–water partition coefficient (Wildman–Crippen LogP) is 2.84. The molecule has 1 N–H and O–H groups in total. The Morgan fingerprint density at radius 1 is 1.44 bits per heavy atom. The van der Waals surface area contributed by atoms with E-state index >= 15 is 0 Å². The number of aromatic nitrogens is 2. The number of halogens is 1. The van der Waals surface area contributed by atoms with Crippen molar-refractivity contribution >= 4 is 28.4 Å². The first kappa shape index (κ1) is 13.3. The smallest absolute Gasteiger partial charge is 0.198 e. The molecule has 0 amide bonds. The second-order valence-corrected chi connectivity index (χ2v) is 4.85. The minimum Gasteiger partial charge on any atom is -0.461 e. The third-order valence-electron chi connectivity index (χ3n) is 2.50. The van der Waals surface area contributed by atoms with Crippen molar-refractivity contribution < 1.29 is 9.15 Å². The second kappa shape index (κ2) is 5.66. The topological polar surface area (TPSA) is 60.2 Å². The van der Waals surface area contributed by atoms with Gasteiger partial charge in [-0.25, -0.2) is 9.97 Å². The van der Waals surface area contributed by atoms with Gasteiger partial charge in [-0.05, 0) is 41.1 Å². The molecule has 0 saturated heterocycles. The maximum atomic E-state index is 5.43. The van der Waals surface area contributed by atoms with Crippen LogP contribution in [0.3, 0.4) is 0 Å². The van der Waals surface area contributed by atoms with Gasteiger partial charge in [-0.2, -0.15) is 0 Å². The summed E-state index contributed by atoms with van der Waals surface area (Å²) in [7, 11) is 3.48. The summed E-state index contributed by atoms with van der Waals surface area (Å²) in [6.07, 6.45) is 1.64. The number of hydrogen-bond acceptors (Lipinski definition) is 5. The zero-order valence-corrected chi connectivity index (χ0v) is 12.6. The zero-order chi connectivity index (χ0) is 13.1. The van der Waals surface area contributed by atoms with E-state index in [9.17, 15) is 0 Å². The van der Waals surface area contributed by atoms with Gasteiger partial charge in [-0.15, -0.1) is 0 Å². The van der Waals surface area contributed by atoms with Gasteiger partial charge in [0, 0.05) is 14.2 Å². The first-order valence-corrected chi connectivity index (χ1v) is 6.52. The van der Waals surface area contributed by atoms with Crippen LogP contribution in [0.25, 0.3) is 11.6 Å². The van der Waals surface area contributed by atoms with Crippen molar-refractivity contribution in [3.63, 3.8) is 0 Å². The van der Waals surface area contributed by atoms with Gasteiger partial charge in [0.15, 0.2) is 11.6 Å². The predicted molar refractivity (Wildman–Crippen MR) is 77.4 cm³/mol. The Morgan fingerprint density at radius 3 is 2.78 bits per heavy atom. The van der Waals surface area contributed by atoms with Crippen LogP contribution in [0.15, 0.2) is 16.7 Å². The summed E-state index contributed by atoms with van der Waals surface area (Å²) in [4.78, 5) is 8.95. The average molecular weight is 359 g/mol. The van der Waals surface area contributed by atoms with Crippen molar-refractivity contribution in [2.45, 2.75) is 13.5 Å². The monoisotopic (exact) mass is 359 g/mol. The fourth-order valence-electron chi connectivity index (χ4n) is 1.59. The quantitative estimate of drug-likeness (QED) is 0.851. The normalized spacial score (nSPS) is 10.7. The molecular formula is C12H14IN3O2. The van der Waals surface area contributed by atoms with Crippen LogP contribution in [0, 0.1) is 10.5 Å². The molecule has 0 unspecified atom stereocenters. The van der Waals surface area contributed by atoms with E-state index in [1.54, 1.807) is 13.4 Å². The molecule has 0 aliphatic rings. The van der Waals surface area contributed by atoms with Crippen LogP contribution < -0.4 is 5.32 Å². The minimum absolute atomic E-state index is 0.447. The van der Waals surface area contributed by atoms with Crippen LogP contribution in [0.2, 0.25) is 0 Å². The van der Waals surface area contributed by atoms with Crippen LogP contribution in [0.4, 0.5) is 5.82 Å². The number of nitrogens with zero attached hydrogens (tertiary/aromatic N) is 2. The Labute approximate surface area is 119 Å². The zero-order valence-electron chi connectivity index (χ0n) is 10.5. The molecule has 0 fully saturated rings. The van der Waals surface area contributed by atoms with Crippen molar-refractivity contribution in [1.82, 2.24) is 9.97 Å². The van der Waals surface area contributed by atoms with E-state index in [1.807, 2.05) is 20.0 Å². The molecule has 0 aliphatic carbocycles. The fourth-order valence-corrected chi connectivity index (χ4v) is 2.26. The lowest BCUT2D eigenvalue weighted by atomic mass is 10.2. The van der Waals surface area contributed by atoms with E-state index in [1.165, 1.54) is 0 Å². The van der Waals surface area contributed by atoms with Crippen LogP contribution >= 0.6 is 22.6 Å². The lowest BCUT2D eigenvalue weighted by Crippen LogP contribution is -2.06. The number of ether oxygens (including phenoxy) is 1. The SMILES string of the molecule is CNc1nc(-c2occc2C)nc(COC)c1I. The maximum Gasteiger partial charge on any atom is 0.198 e. The third-order valence-corrected chi connectivity index (χ3v) is 3.64. The molecule has 0 aromatic carbocycles. The molecule has 2 rings (SSSR count). The largest absolute Gasteiger partial charge is 0.461 e. The number of hydrogen-bond donors (Lipinski definition) is 1. The molecule has 96 valence electrons. The standard InChI is InChI=1S/C12H14IN3O2/c1-7-4-5-18-10(7)12-15-8(6-17-3)9(13)11(14-2)16-12/h4-5H,6H2,1-3H3,(H,14,15,16).